The van der Waals surface area contributed by atoms with Crippen LogP contribution < -0.4 is 5.32 Å². The van der Waals surface area contributed by atoms with Gasteiger partial charge >= 0.3 is 0 Å². The summed E-state index contributed by atoms with van der Waals surface area (Å²) in [6.45, 7) is 2.80. The lowest BCUT2D eigenvalue weighted by molar-refractivity contribution is 0.101. The number of hydrogen-bond acceptors (Lipinski definition) is 2. The van der Waals surface area contributed by atoms with Gasteiger partial charge in [-0.2, -0.15) is 0 Å². The van der Waals surface area contributed by atoms with E-state index in [1.54, 1.807) is 11.3 Å². The smallest absolute Gasteiger partial charge is 0.272 e. The number of benzene rings is 2. The molecule has 0 bridgehead atoms. The van der Waals surface area contributed by atoms with Crippen molar-refractivity contribution in [2.24, 2.45) is 0 Å². The molecule has 0 saturated heterocycles. The molecule has 0 aliphatic heterocycles. The van der Waals surface area contributed by atoms with Gasteiger partial charge in [0, 0.05) is 12.2 Å². The molecule has 0 aliphatic rings. The quantitative estimate of drug-likeness (QED) is 0.496. The molecule has 0 saturated carbocycles. The molecule has 4 rings (SSSR count). The Balaban J connectivity index is 1.65. The van der Waals surface area contributed by atoms with E-state index in [0.29, 0.717) is 12.2 Å². The second-order valence-electron chi connectivity index (χ2n) is 6.28. The van der Waals surface area contributed by atoms with Gasteiger partial charge in [0.05, 0.1) is 10.2 Å². The van der Waals surface area contributed by atoms with Crippen molar-refractivity contribution in [3.8, 4) is 0 Å². The minimum absolute atomic E-state index is 0.0754. The molecule has 4 aromatic rings. The molecule has 0 aliphatic carbocycles. The molecule has 0 radical (unpaired) electrons. The Labute approximate surface area is 156 Å². The summed E-state index contributed by atoms with van der Waals surface area (Å²) in [6.07, 6.45) is 0.991. The van der Waals surface area contributed by atoms with Gasteiger partial charge < -0.3 is 9.88 Å². The summed E-state index contributed by atoms with van der Waals surface area (Å²) in [5.41, 5.74) is 5.05. The summed E-state index contributed by atoms with van der Waals surface area (Å²) in [4.78, 5) is 12.9. The maximum atomic E-state index is 12.9. The lowest BCUT2D eigenvalue weighted by Gasteiger charge is -2.11. The van der Waals surface area contributed by atoms with Gasteiger partial charge in [-0.25, -0.2) is 0 Å². The van der Waals surface area contributed by atoms with Crippen LogP contribution in [0.5, 0.6) is 0 Å². The first kappa shape index (κ1) is 16.6. The number of amides is 1. The van der Waals surface area contributed by atoms with Crippen molar-refractivity contribution in [1.82, 2.24) is 4.57 Å². The van der Waals surface area contributed by atoms with E-state index in [1.165, 1.54) is 11.1 Å². The van der Waals surface area contributed by atoms with E-state index in [9.17, 15) is 4.79 Å². The summed E-state index contributed by atoms with van der Waals surface area (Å²) >= 11 is 1.66. The number of thiophene rings is 1. The second kappa shape index (κ2) is 7.18. The first-order valence-corrected chi connectivity index (χ1v) is 9.63. The standard InChI is InChI=1S/C22H20N2OS/c1-2-16-8-10-18(11-9-16)23-22(25)20-14-21-19(12-13-26-21)24(20)15-17-6-4-3-5-7-17/h3-14H,2,15H2,1H3,(H,23,25). The number of hydrogen-bond donors (Lipinski definition) is 1. The number of anilines is 1. The third kappa shape index (κ3) is 3.28. The number of carbonyl (C=O) groups is 1. The molecule has 0 spiro atoms. The number of aryl methyl sites for hydroxylation is 1. The van der Waals surface area contributed by atoms with Crippen LogP contribution in [0.4, 0.5) is 5.69 Å². The van der Waals surface area contributed by atoms with Crippen LogP contribution in [0.3, 0.4) is 0 Å². The maximum Gasteiger partial charge on any atom is 0.272 e. The van der Waals surface area contributed by atoms with Crippen molar-refractivity contribution in [3.63, 3.8) is 0 Å². The fraction of sp³-hybridized carbons (Fsp3) is 0.136. The molecule has 2 heterocycles. The van der Waals surface area contributed by atoms with Crippen molar-refractivity contribution < 1.29 is 4.79 Å². The minimum atomic E-state index is -0.0754. The highest BCUT2D eigenvalue weighted by molar-refractivity contribution is 7.17. The van der Waals surface area contributed by atoms with E-state index in [2.05, 4.69) is 52.5 Å². The predicted molar refractivity (Wildman–Crippen MR) is 109 cm³/mol. The molecule has 130 valence electrons. The van der Waals surface area contributed by atoms with Gasteiger partial charge in [-0.15, -0.1) is 11.3 Å². The molecule has 1 amide bonds. The van der Waals surface area contributed by atoms with Gasteiger partial charge in [-0.05, 0) is 47.2 Å². The molecule has 1 N–H and O–H groups in total. The van der Waals surface area contributed by atoms with Crippen LogP contribution in [0.1, 0.15) is 28.5 Å². The SMILES string of the molecule is CCc1ccc(NC(=O)c2cc3sccc3n2Cc2ccccc2)cc1. The summed E-state index contributed by atoms with van der Waals surface area (Å²) in [6, 6.07) is 22.3. The third-order valence-corrected chi connectivity index (χ3v) is 5.41. The van der Waals surface area contributed by atoms with Gasteiger partial charge in [-0.3, -0.25) is 4.79 Å². The normalized spacial score (nSPS) is 11.0. The Bertz CT molecular complexity index is 1030. The van der Waals surface area contributed by atoms with Crippen molar-refractivity contribution in [3.05, 3.63) is 88.9 Å². The Morgan fingerprint density at radius 1 is 1.00 bits per heavy atom. The summed E-state index contributed by atoms with van der Waals surface area (Å²) in [5.74, 6) is -0.0754. The first-order chi connectivity index (χ1) is 12.7. The molecule has 0 fully saturated rings. The van der Waals surface area contributed by atoms with Gasteiger partial charge in [0.15, 0.2) is 0 Å². The van der Waals surface area contributed by atoms with Crippen molar-refractivity contribution >= 4 is 33.1 Å². The maximum absolute atomic E-state index is 12.9. The fourth-order valence-corrected chi connectivity index (χ4v) is 3.94. The number of rotatable bonds is 5. The zero-order valence-electron chi connectivity index (χ0n) is 14.6. The molecule has 0 unspecified atom stereocenters. The van der Waals surface area contributed by atoms with Gasteiger partial charge in [0.1, 0.15) is 5.69 Å². The number of nitrogens with one attached hydrogen (secondary N) is 1. The number of nitrogens with zero attached hydrogens (tertiary/aromatic N) is 1. The first-order valence-electron chi connectivity index (χ1n) is 8.75. The third-order valence-electron chi connectivity index (χ3n) is 4.56. The molecule has 26 heavy (non-hydrogen) atoms. The van der Waals surface area contributed by atoms with E-state index < -0.39 is 0 Å². The van der Waals surface area contributed by atoms with Crippen LogP contribution >= 0.6 is 11.3 Å². The van der Waals surface area contributed by atoms with Crippen molar-refractivity contribution in [2.75, 3.05) is 5.32 Å². The van der Waals surface area contributed by atoms with Gasteiger partial charge in [0.2, 0.25) is 0 Å². The van der Waals surface area contributed by atoms with Gasteiger partial charge in [-0.1, -0.05) is 49.4 Å². The lowest BCUT2D eigenvalue weighted by Crippen LogP contribution is -2.17. The van der Waals surface area contributed by atoms with Gasteiger partial charge in [0.25, 0.3) is 5.91 Å². The van der Waals surface area contributed by atoms with Crippen LogP contribution in [0.2, 0.25) is 0 Å². The summed E-state index contributed by atoms with van der Waals surface area (Å²) in [5, 5.41) is 5.10. The monoisotopic (exact) mass is 360 g/mol. The van der Waals surface area contributed by atoms with E-state index in [1.807, 2.05) is 36.4 Å². The van der Waals surface area contributed by atoms with Crippen LogP contribution in [0.15, 0.2) is 72.1 Å². The zero-order valence-corrected chi connectivity index (χ0v) is 15.4. The Morgan fingerprint density at radius 3 is 2.50 bits per heavy atom. The average Bonchev–Trinajstić information content (AvgIpc) is 3.26. The van der Waals surface area contributed by atoms with Crippen LogP contribution in [-0.4, -0.2) is 10.5 Å². The highest BCUT2D eigenvalue weighted by Crippen LogP contribution is 2.27. The molecule has 2 aromatic carbocycles. The molecule has 3 nitrogen and oxygen atoms in total. The summed E-state index contributed by atoms with van der Waals surface area (Å²) in [7, 11) is 0. The van der Waals surface area contributed by atoms with E-state index in [4.69, 9.17) is 0 Å². The Kier molecular flexibility index (Phi) is 4.59. The van der Waals surface area contributed by atoms with Crippen molar-refractivity contribution in [1.29, 1.82) is 0 Å². The number of carbonyl (C=O) groups excluding carboxylic acids is 1. The number of fused-ring (bicyclic) bond motifs is 1. The lowest BCUT2D eigenvalue weighted by atomic mass is 10.1. The molecule has 0 atom stereocenters. The fourth-order valence-electron chi connectivity index (χ4n) is 3.12. The highest BCUT2D eigenvalue weighted by Gasteiger charge is 2.17. The molecular formula is C22H20N2OS. The number of aromatic nitrogens is 1. The van der Waals surface area contributed by atoms with Crippen LogP contribution in [-0.2, 0) is 13.0 Å². The average molecular weight is 360 g/mol. The zero-order chi connectivity index (χ0) is 17.9. The van der Waals surface area contributed by atoms with E-state index >= 15 is 0 Å². The minimum Gasteiger partial charge on any atom is -0.331 e. The van der Waals surface area contributed by atoms with E-state index in [0.717, 1.165) is 22.3 Å². The van der Waals surface area contributed by atoms with Crippen LogP contribution in [0.25, 0.3) is 10.2 Å². The molecule has 2 aromatic heterocycles. The predicted octanol–water partition coefficient (Wildman–Crippen LogP) is 5.57. The largest absolute Gasteiger partial charge is 0.331 e. The molecular weight excluding hydrogens is 340 g/mol. The van der Waals surface area contributed by atoms with Crippen molar-refractivity contribution in [2.45, 2.75) is 19.9 Å². The highest BCUT2D eigenvalue weighted by atomic mass is 32.1. The Morgan fingerprint density at radius 2 is 1.77 bits per heavy atom. The second-order valence-corrected chi connectivity index (χ2v) is 7.22. The topological polar surface area (TPSA) is 34.0 Å². The molecule has 4 heteroatoms. The van der Waals surface area contributed by atoms with Crippen LogP contribution in [0, 0.1) is 0 Å². The van der Waals surface area contributed by atoms with E-state index in [-0.39, 0.29) is 5.91 Å². The Hall–Kier alpha value is -2.85. The summed E-state index contributed by atoms with van der Waals surface area (Å²) < 4.78 is 3.23.